The van der Waals surface area contributed by atoms with E-state index in [1.807, 2.05) is 12.1 Å². The van der Waals surface area contributed by atoms with Crippen LogP contribution in [0.4, 0.5) is 0 Å². The first kappa shape index (κ1) is 15.5. The van der Waals surface area contributed by atoms with Gasteiger partial charge in [0.25, 0.3) is 0 Å². The lowest BCUT2D eigenvalue weighted by Gasteiger charge is -2.08. The van der Waals surface area contributed by atoms with Gasteiger partial charge in [-0.3, -0.25) is 0 Å². The Balaban J connectivity index is 2.44. The average Bonchev–Trinajstić information content (AvgIpc) is 2.90. The average molecular weight is 310 g/mol. The van der Waals surface area contributed by atoms with E-state index in [1.54, 1.807) is 30.8 Å². The van der Waals surface area contributed by atoms with E-state index in [4.69, 9.17) is 21.1 Å². The van der Waals surface area contributed by atoms with Crippen molar-refractivity contribution in [3.8, 4) is 11.3 Å². The molecule has 0 bridgehead atoms. The van der Waals surface area contributed by atoms with Crippen molar-refractivity contribution >= 4 is 17.6 Å². The summed E-state index contributed by atoms with van der Waals surface area (Å²) in [5, 5.41) is 8.56. The molecule has 0 fully saturated rings. The Morgan fingerprint density at radius 3 is 2.67 bits per heavy atom. The fourth-order valence-electron chi connectivity index (χ4n) is 1.88. The van der Waals surface area contributed by atoms with Gasteiger partial charge in [-0.15, -0.1) is 5.10 Å². The van der Waals surface area contributed by atoms with Crippen LogP contribution >= 0.6 is 11.6 Å². The Morgan fingerprint density at radius 1 is 1.33 bits per heavy atom. The molecule has 2 aromatic rings. The third-order valence-electron chi connectivity index (χ3n) is 2.83. The van der Waals surface area contributed by atoms with Gasteiger partial charge in [-0.1, -0.05) is 28.9 Å². The first-order valence-corrected chi connectivity index (χ1v) is 6.90. The number of ether oxygens (including phenoxy) is 2. The Bertz CT molecular complexity index is 610. The number of carbonyl (C=O) groups is 1. The smallest absolute Gasteiger partial charge is 0.361 e. The molecule has 2 rings (SSSR count). The molecule has 0 aliphatic carbocycles. The maximum absolute atomic E-state index is 12.0. The molecule has 0 saturated carbocycles. The molecule has 0 aliphatic rings. The minimum atomic E-state index is -0.494. The van der Waals surface area contributed by atoms with Crippen molar-refractivity contribution in [3.05, 3.63) is 35.0 Å². The maximum Gasteiger partial charge on any atom is 0.361 e. The quantitative estimate of drug-likeness (QED) is 0.767. The van der Waals surface area contributed by atoms with E-state index < -0.39 is 5.97 Å². The molecule has 21 heavy (non-hydrogen) atoms. The number of halogens is 1. The van der Waals surface area contributed by atoms with Crippen molar-refractivity contribution in [1.29, 1.82) is 0 Å². The predicted molar refractivity (Wildman–Crippen MR) is 78.3 cm³/mol. The SMILES string of the molecule is CCOC(=O)c1nnn(CCOC)c1-c1ccc(Cl)cc1. The van der Waals surface area contributed by atoms with Crippen LogP contribution in [0.5, 0.6) is 0 Å². The highest BCUT2D eigenvalue weighted by molar-refractivity contribution is 6.30. The van der Waals surface area contributed by atoms with Crippen molar-refractivity contribution < 1.29 is 14.3 Å². The molecule has 1 aromatic carbocycles. The first-order valence-electron chi connectivity index (χ1n) is 6.52. The third-order valence-corrected chi connectivity index (χ3v) is 3.08. The van der Waals surface area contributed by atoms with E-state index in [9.17, 15) is 4.79 Å². The molecule has 1 aromatic heterocycles. The van der Waals surface area contributed by atoms with Gasteiger partial charge in [0.15, 0.2) is 5.69 Å². The number of carbonyl (C=O) groups excluding carboxylic acids is 1. The molecule has 0 radical (unpaired) electrons. The Labute approximate surface area is 127 Å². The van der Waals surface area contributed by atoms with Crippen molar-refractivity contribution in [2.45, 2.75) is 13.5 Å². The van der Waals surface area contributed by atoms with Gasteiger partial charge in [0.2, 0.25) is 0 Å². The van der Waals surface area contributed by atoms with Gasteiger partial charge in [-0.2, -0.15) is 0 Å². The highest BCUT2D eigenvalue weighted by Crippen LogP contribution is 2.24. The van der Waals surface area contributed by atoms with Crippen LogP contribution < -0.4 is 0 Å². The normalized spacial score (nSPS) is 10.6. The van der Waals surface area contributed by atoms with E-state index in [2.05, 4.69) is 10.3 Å². The van der Waals surface area contributed by atoms with Crippen LogP contribution in [0.25, 0.3) is 11.3 Å². The molecule has 0 unspecified atom stereocenters. The van der Waals surface area contributed by atoms with Gasteiger partial charge in [0, 0.05) is 17.7 Å². The van der Waals surface area contributed by atoms with Gasteiger partial charge in [0.1, 0.15) is 5.69 Å². The summed E-state index contributed by atoms with van der Waals surface area (Å²) in [5.74, 6) is -0.494. The molecule has 7 heteroatoms. The number of aromatic nitrogens is 3. The number of rotatable bonds is 6. The number of nitrogens with zero attached hydrogens (tertiary/aromatic N) is 3. The third kappa shape index (κ3) is 3.59. The highest BCUT2D eigenvalue weighted by atomic mass is 35.5. The van der Waals surface area contributed by atoms with Crippen LogP contribution in [-0.2, 0) is 16.0 Å². The Morgan fingerprint density at radius 2 is 2.05 bits per heavy atom. The number of hydrogen-bond acceptors (Lipinski definition) is 5. The standard InChI is InChI=1S/C14H16ClN3O3/c1-3-21-14(19)12-13(10-4-6-11(15)7-5-10)18(17-16-12)8-9-20-2/h4-7H,3,8-9H2,1-2H3. The van der Waals surface area contributed by atoms with Crippen LogP contribution in [0.3, 0.4) is 0 Å². The number of esters is 1. The molecular formula is C14H16ClN3O3. The summed E-state index contributed by atoms with van der Waals surface area (Å²) in [5.41, 5.74) is 1.58. The molecule has 1 heterocycles. The largest absolute Gasteiger partial charge is 0.461 e. The predicted octanol–water partition coefficient (Wildman–Crippen LogP) is 2.42. The zero-order valence-corrected chi connectivity index (χ0v) is 12.6. The summed E-state index contributed by atoms with van der Waals surface area (Å²) in [6, 6.07) is 7.12. The molecule has 0 saturated heterocycles. The second-order valence-electron chi connectivity index (χ2n) is 4.23. The van der Waals surface area contributed by atoms with Crippen molar-refractivity contribution in [1.82, 2.24) is 15.0 Å². The van der Waals surface area contributed by atoms with E-state index in [0.29, 0.717) is 23.9 Å². The lowest BCUT2D eigenvalue weighted by molar-refractivity contribution is 0.0520. The molecule has 6 nitrogen and oxygen atoms in total. The summed E-state index contributed by atoms with van der Waals surface area (Å²) in [4.78, 5) is 12.0. The number of hydrogen-bond donors (Lipinski definition) is 0. The fourth-order valence-corrected chi connectivity index (χ4v) is 2.00. The number of benzene rings is 1. The van der Waals surface area contributed by atoms with Crippen molar-refractivity contribution in [2.75, 3.05) is 20.3 Å². The Hall–Kier alpha value is -1.92. The van der Waals surface area contributed by atoms with Gasteiger partial charge in [0.05, 0.1) is 19.8 Å². The van der Waals surface area contributed by atoms with Crippen LogP contribution in [-0.4, -0.2) is 41.3 Å². The number of methoxy groups -OCH3 is 1. The van der Waals surface area contributed by atoms with E-state index in [1.165, 1.54) is 0 Å². The zero-order chi connectivity index (χ0) is 15.2. The summed E-state index contributed by atoms with van der Waals surface area (Å²) in [7, 11) is 1.60. The Kier molecular flexibility index (Phi) is 5.30. The minimum Gasteiger partial charge on any atom is -0.461 e. The summed E-state index contributed by atoms with van der Waals surface area (Å²) >= 11 is 5.90. The molecule has 0 N–H and O–H groups in total. The van der Waals surface area contributed by atoms with E-state index in [-0.39, 0.29) is 12.3 Å². The van der Waals surface area contributed by atoms with Gasteiger partial charge < -0.3 is 9.47 Å². The van der Waals surface area contributed by atoms with Gasteiger partial charge in [-0.05, 0) is 19.1 Å². The lowest BCUT2D eigenvalue weighted by atomic mass is 10.1. The molecule has 0 atom stereocenters. The fraction of sp³-hybridized carbons (Fsp3) is 0.357. The summed E-state index contributed by atoms with van der Waals surface area (Å²) < 4.78 is 11.7. The van der Waals surface area contributed by atoms with Crippen LogP contribution in [0.1, 0.15) is 17.4 Å². The topological polar surface area (TPSA) is 66.2 Å². The lowest BCUT2D eigenvalue weighted by Crippen LogP contribution is -2.10. The van der Waals surface area contributed by atoms with Gasteiger partial charge in [-0.25, -0.2) is 9.48 Å². The molecule has 0 aliphatic heterocycles. The monoisotopic (exact) mass is 309 g/mol. The summed E-state index contributed by atoms with van der Waals surface area (Å²) in [6.07, 6.45) is 0. The molecule has 0 spiro atoms. The van der Waals surface area contributed by atoms with Gasteiger partial charge >= 0.3 is 5.97 Å². The van der Waals surface area contributed by atoms with Crippen LogP contribution in [0, 0.1) is 0 Å². The summed E-state index contributed by atoms with van der Waals surface area (Å²) in [6.45, 7) is 2.98. The maximum atomic E-state index is 12.0. The zero-order valence-electron chi connectivity index (χ0n) is 11.9. The molecule has 112 valence electrons. The second-order valence-corrected chi connectivity index (χ2v) is 4.67. The van der Waals surface area contributed by atoms with Crippen LogP contribution in [0.15, 0.2) is 24.3 Å². The molecule has 0 amide bonds. The first-order chi connectivity index (χ1) is 10.2. The highest BCUT2D eigenvalue weighted by Gasteiger charge is 2.22. The van der Waals surface area contributed by atoms with Crippen LogP contribution in [0.2, 0.25) is 5.02 Å². The molecular weight excluding hydrogens is 294 g/mol. The van der Waals surface area contributed by atoms with E-state index in [0.717, 1.165) is 5.56 Å². The van der Waals surface area contributed by atoms with E-state index >= 15 is 0 Å². The van der Waals surface area contributed by atoms with Crippen molar-refractivity contribution in [3.63, 3.8) is 0 Å². The second kappa shape index (κ2) is 7.19. The minimum absolute atomic E-state index is 0.190. The van der Waals surface area contributed by atoms with Crippen molar-refractivity contribution in [2.24, 2.45) is 0 Å².